The molecule has 2 aromatic carbocycles. The second kappa shape index (κ2) is 11.8. The number of methoxy groups -OCH3 is 1. The Kier molecular flexibility index (Phi) is 8.59. The highest BCUT2D eigenvalue weighted by Gasteiger charge is 2.26. The van der Waals surface area contributed by atoms with Gasteiger partial charge in [0.15, 0.2) is 6.61 Å². The molecule has 1 saturated carbocycles. The molecule has 0 radical (unpaired) electrons. The van der Waals surface area contributed by atoms with E-state index in [2.05, 4.69) is 0 Å². The number of nitrogens with zero attached hydrogens (tertiary/aromatic N) is 2. The number of halogens is 1. The fraction of sp³-hybridized carbons (Fsp3) is 0.346. The number of benzene rings is 2. The predicted octanol–water partition coefficient (Wildman–Crippen LogP) is 4.65. The van der Waals surface area contributed by atoms with Crippen molar-refractivity contribution < 1.29 is 23.5 Å². The van der Waals surface area contributed by atoms with Crippen molar-refractivity contribution in [2.24, 2.45) is 0 Å². The minimum atomic E-state index is -0.855. The third kappa shape index (κ3) is 6.91. The Morgan fingerprint density at radius 3 is 2.36 bits per heavy atom. The zero-order valence-corrected chi connectivity index (χ0v) is 18.6. The highest BCUT2D eigenvalue weighted by Crippen LogP contribution is 2.24. The standard InChI is InChI=1S/C26H27FN2O4/c1-32-24-13-9-19(10-14-24)15-21(16-28)26(31)33-18-25(30)29(23-5-3-2-4-6-23)17-20-7-11-22(27)12-8-20/h7-15,23H,2-6,17-18H2,1H3/b21-15+. The molecule has 0 spiro atoms. The van der Waals surface area contributed by atoms with Crippen LogP contribution in [0, 0.1) is 17.1 Å². The molecule has 0 atom stereocenters. The summed E-state index contributed by atoms with van der Waals surface area (Å²) >= 11 is 0. The van der Waals surface area contributed by atoms with Gasteiger partial charge in [-0.15, -0.1) is 0 Å². The Morgan fingerprint density at radius 1 is 1.09 bits per heavy atom. The zero-order valence-electron chi connectivity index (χ0n) is 18.6. The van der Waals surface area contributed by atoms with Crippen LogP contribution in [0.4, 0.5) is 4.39 Å². The van der Waals surface area contributed by atoms with Crippen LogP contribution in [0.2, 0.25) is 0 Å². The third-order valence-corrected chi connectivity index (χ3v) is 5.70. The van der Waals surface area contributed by atoms with Crippen LogP contribution >= 0.6 is 0 Å². The van der Waals surface area contributed by atoms with Gasteiger partial charge >= 0.3 is 5.97 Å². The van der Waals surface area contributed by atoms with Crippen molar-refractivity contribution in [3.63, 3.8) is 0 Å². The molecular weight excluding hydrogens is 423 g/mol. The van der Waals surface area contributed by atoms with Crippen LogP contribution in [-0.2, 0) is 20.9 Å². The average Bonchev–Trinajstić information content (AvgIpc) is 2.86. The van der Waals surface area contributed by atoms with E-state index in [9.17, 15) is 19.2 Å². The van der Waals surface area contributed by atoms with E-state index in [1.165, 1.54) is 18.2 Å². The maximum absolute atomic E-state index is 13.3. The summed E-state index contributed by atoms with van der Waals surface area (Å²) in [4.78, 5) is 27.2. The number of hydrogen-bond donors (Lipinski definition) is 0. The van der Waals surface area contributed by atoms with Crippen LogP contribution in [0.3, 0.4) is 0 Å². The number of esters is 1. The maximum Gasteiger partial charge on any atom is 0.349 e. The SMILES string of the molecule is COc1ccc(/C=C(\C#N)C(=O)OCC(=O)N(Cc2ccc(F)cc2)C2CCCCC2)cc1. The van der Waals surface area contributed by atoms with Crippen LogP contribution in [0.25, 0.3) is 6.08 Å². The van der Waals surface area contributed by atoms with Gasteiger partial charge in [0.05, 0.1) is 7.11 Å². The van der Waals surface area contributed by atoms with Crippen LogP contribution in [0.15, 0.2) is 54.1 Å². The number of carbonyl (C=O) groups excluding carboxylic acids is 2. The number of carbonyl (C=O) groups is 2. The number of amides is 1. The highest BCUT2D eigenvalue weighted by molar-refractivity contribution is 5.98. The van der Waals surface area contributed by atoms with Gasteiger partial charge in [-0.25, -0.2) is 9.18 Å². The Hall–Kier alpha value is -3.66. The molecule has 1 fully saturated rings. The predicted molar refractivity (Wildman–Crippen MR) is 121 cm³/mol. The molecule has 1 aliphatic carbocycles. The van der Waals surface area contributed by atoms with Crippen LogP contribution in [0.5, 0.6) is 5.75 Å². The lowest BCUT2D eigenvalue weighted by Gasteiger charge is -2.34. The molecule has 6 nitrogen and oxygen atoms in total. The second-order valence-electron chi connectivity index (χ2n) is 7.96. The van der Waals surface area contributed by atoms with E-state index in [1.807, 2.05) is 6.07 Å². The summed E-state index contributed by atoms with van der Waals surface area (Å²) < 4.78 is 23.6. The van der Waals surface area contributed by atoms with Crippen LogP contribution < -0.4 is 4.74 Å². The van der Waals surface area contributed by atoms with Crippen molar-refractivity contribution in [1.29, 1.82) is 5.26 Å². The molecule has 3 rings (SSSR count). The smallest absolute Gasteiger partial charge is 0.349 e. The summed E-state index contributed by atoms with van der Waals surface area (Å²) in [6, 6.07) is 14.8. The van der Waals surface area contributed by atoms with Crippen molar-refractivity contribution in [3.8, 4) is 11.8 Å². The summed E-state index contributed by atoms with van der Waals surface area (Å²) in [6.45, 7) is -0.147. The zero-order chi connectivity index (χ0) is 23.6. The largest absolute Gasteiger partial charge is 0.497 e. The third-order valence-electron chi connectivity index (χ3n) is 5.70. The molecule has 0 heterocycles. The lowest BCUT2D eigenvalue weighted by atomic mass is 9.93. The minimum Gasteiger partial charge on any atom is -0.497 e. The topological polar surface area (TPSA) is 79.6 Å². The van der Waals surface area contributed by atoms with Crippen molar-refractivity contribution in [1.82, 2.24) is 4.90 Å². The van der Waals surface area contributed by atoms with E-state index in [-0.39, 0.29) is 23.3 Å². The first-order valence-corrected chi connectivity index (χ1v) is 11.0. The first-order valence-electron chi connectivity index (χ1n) is 11.0. The molecular formula is C26H27FN2O4. The first kappa shape index (κ1) is 24.0. The van der Waals surface area contributed by atoms with Gasteiger partial charge in [-0.2, -0.15) is 5.26 Å². The van der Waals surface area contributed by atoms with Crippen LogP contribution in [0.1, 0.15) is 43.2 Å². The van der Waals surface area contributed by atoms with Crippen molar-refractivity contribution >= 4 is 18.0 Å². The van der Waals surface area contributed by atoms with Crippen molar-refractivity contribution in [2.45, 2.75) is 44.7 Å². The summed E-state index contributed by atoms with van der Waals surface area (Å²) in [5, 5.41) is 9.38. The molecule has 0 unspecified atom stereocenters. The second-order valence-corrected chi connectivity index (χ2v) is 7.96. The molecule has 0 aromatic heterocycles. The molecule has 0 N–H and O–H groups in total. The van der Waals surface area contributed by atoms with E-state index in [1.54, 1.807) is 48.4 Å². The highest BCUT2D eigenvalue weighted by atomic mass is 19.1. The van der Waals surface area contributed by atoms with Gasteiger partial charge in [-0.05, 0) is 54.3 Å². The lowest BCUT2D eigenvalue weighted by Crippen LogP contribution is -2.43. The Balaban J connectivity index is 1.67. The molecule has 0 saturated heterocycles. The minimum absolute atomic E-state index is 0.0419. The van der Waals surface area contributed by atoms with Gasteiger partial charge < -0.3 is 14.4 Å². The molecule has 0 aliphatic heterocycles. The van der Waals surface area contributed by atoms with E-state index in [0.29, 0.717) is 17.9 Å². The van der Waals surface area contributed by atoms with E-state index in [4.69, 9.17) is 9.47 Å². The summed E-state index contributed by atoms with van der Waals surface area (Å²) in [5.41, 5.74) is 1.24. The van der Waals surface area contributed by atoms with Crippen molar-refractivity contribution in [3.05, 3.63) is 71.0 Å². The Morgan fingerprint density at radius 2 is 1.76 bits per heavy atom. The normalized spacial score (nSPS) is 14.3. The number of ether oxygens (including phenoxy) is 2. The first-order chi connectivity index (χ1) is 16.0. The molecule has 1 aliphatic rings. The molecule has 0 bridgehead atoms. The quantitative estimate of drug-likeness (QED) is 0.332. The number of nitriles is 1. The Bertz CT molecular complexity index is 1020. The van der Waals surface area contributed by atoms with Crippen molar-refractivity contribution in [2.75, 3.05) is 13.7 Å². The van der Waals surface area contributed by atoms with E-state index < -0.39 is 12.6 Å². The fourth-order valence-electron chi connectivity index (χ4n) is 3.89. The van der Waals surface area contributed by atoms with Gasteiger partial charge in [-0.1, -0.05) is 43.5 Å². The summed E-state index contributed by atoms with van der Waals surface area (Å²) in [7, 11) is 1.55. The van der Waals surface area contributed by atoms with E-state index >= 15 is 0 Å². The molecule has 2 aromatic rings. The Labute approximate surface area is 193 Å². The molecule has 172 valence electrons. The average molecular weight is 451 g/mol. The monoisotopic (exact) mass is 450 g/mol. The van der Waals surface area contributed by atoms with Gasteiger partial charge in [0, 0.05) is 12.6 Å². The van der Waals surface area contributed by atoms with E-state index in [0.717, 1.165) is 37.7 Å². The van der Waals surface area contributed by atoms with Gasteiger partial charge in [0.25, 0.3) is 5.91 Å². The molecule has 7 heteroatoms. The lowest BCUT2D eigenvalue weighted by molar-refractivity contribution is -0.150. The van der Waals surface area contributed by atoms with Gasteiger partial charge in [0.2, 0.25) is 0 Å². The maximum atomic E-state index is 13.3. The molecule has 1 amide bonds. The van der Waals surface area contributed by atoms with Crippen LogP contribution in [-0.4, -0.2) is 36.5 Å². The fourth-order valence-corrected chi connectivity index (χ4v) is 3.89. The van der Waals surface area contributed by atoms with Gasteiger partial charge in [0.1, 0.15) is 23.2 Å². The summed E-state index contributed by atoms with van der Waals surface area (Å²) in [5.74, 6) is -0.868. The summed E-state index contributed by atoms with van der Waals surface area (Å²) in [6.07, 6.45) is 6.35. The number of hydrogen-bond acceptors (Lipinski definition) is 5. The van der Waals surface area contributed by atoms with Gasteiger partial charge in [-0.3, -0.25) is 4.79 Å². The molecule has 33 heavy (non-hydrogen) atoms. The number of rotatable bonds is 8.